The number of nitrogens with one attached hydrogen (secondary N) is 1. The van der Waals surface area contributed by atoms with Crippen LogP contribution in [-0.4, -0.2) is 18.5 Å². The third kappa shape index (κ3) is 4.14. The molecule has 0 fully saturated rings. The molecule has 1 aromatic heterocycles. The summed E-state index contributed by atoms with van der Waals surface area (Å²) in [6.07, 6.45) is 0.843. The van der Waals surface area contributed by atoms with Crippen molar-refractivity contribution in [2.75, 3.05) is 11.9 Å². The number of benzene rings is 1. The maximum atomic E-state index is 13.0. The zero-order valence-corrected chi connectivity index (χ0v) is 13.1. The molecule has 0 aliphatic carbocycles. The molecule has 0 spiro atoms. The molecule has 1 N–H and O–H groups in total. The van der Waals surface area contributed by atoms with Gasteiger partial charge >= 0.3 is 5.97 Å². The lowest BCUT2D eigenvalue weighted by Crippen LogP contribution is -2.20. The first-order valence-corrected chi connectivity index (χ1v) is 7.63. The molecule has 0 saturated heterocycles. The number of aryl methyl sites for hydroxylation is 2. The predicted molar refractivity (Wildman–Crippen MR) is 83.7 cm³/mol. The molecule has 2 aromatic rings. The van der Waals surface area contributed by atoms with Gasteiger partial charge < -0.3 is 10.1 Å². The number of esters is 1. The Morgan fingerprint density at radius 1 is 1.32 bits per heavy atom. The van der Waals surface area contributed by atoms with Gasteiger partial charge in [-0.2, -0.15) is 0 Å². The van der Waals surface area contributed by atoms with Crippen molar-refractivity contribution in [2.24, 2.45) is 0 Å². The summed E-state index contributed by atoms with van der Waals surface area (Å²) in [7, 11) is 0. The average molecular weight is 321 g/mol. The number of halogens is 1. The highest BCUT2D eigenvalue weighted by Gasteiger charge is 2.14. The number of rotatable bonds is 5. The molecule has 0 bridgehead atoms. The quantitative estimate of drug-likeness (QED) is 0.857. The number of amides is 1. The van der Waals surface area contributed by atoms with Gasteiger partial charge in [0.1, 0.15) is 10.7 Å². The summed E-state index contributed by atoms with van der Waals surface area (Å²) in [4.78, 5) is 25.1. The third-order valence-electron chi connectivity index (χ3n) is 3.05. The van der Waals surface area contributed by atoms with Crippen molar-refractivity contribution in [1.29, 1.82) is 0 Å². The van der Waals surface area contributed by atoms with Crippen molar-refractivity contribution in [3.63, 3.8) is 0 Å². The lowest BCUT2D eigenvalue weighted by molar-refractivity contribution is -0.119. The summed E-state index contributed by atoms with van der Waals surface area (Å²) >= 11 is 1.35. The van der Waals surface area contributed by atoms with E-state index in [-0.39, 0.29) is 0 Å². The second kappa shape index (κ2) is 7.17. The molecule has 6 heteroatoms. The van der Waals surface area contributed by atoms with Gasteiger partial charge in [0.05, 0.1) is 0 Å². The van der Waals surface area contributed by atoms with Crippen LogP contribution in [-0.2, 0) is 16.0 Å². The van der Waals surface area contributed by atoms with Gasteiger partial charge in [-0.15, -0.1) is 11.3 Å². The molecule has 0 radical (unpaired) electrons. The summed E-state index contributed by atoms with van der Waals surface area (Å²) in [6.45, 7) is 3.54. The number of carbonyl (C=O) groups is 2. The Kier molecular flexibility index (Phi) is 5.27. The predicted octanol–water partition coefficient (Wildman–Crippen LogP) is 3.55. The molecule has 0 atom stereocenters. The van der Waals surface area contributed by atoms with Gasteiger partial charge in [-0.05, 0) is 43.2 Å². The maximum absolute atomic E-state index is 13.0. The van der Waals surface area contributed by atoms with E-state index in [1.165, 1.54) is 29.5 Å². The Balaban J connectivity index is 1.89. The van der Waals surface area contributed by atoms with E-state index in [1.807, 2.05) is 13.8 Å². The minimum Gasteiger partial charge on any atom is -0.451 e. The number of carbonyl (C=O) groups excluding carboxylic acids is 2. The number of ether oxygens (including phenoxy) is 1. The van der Waals surface area contributed by atoms with Gasteiger partial charge in [-0.25, -0.2) is 9.18 Å². The monoisotopic (exact) mass is 321 g/mol. The molecule has 1 heterocycles. The van der Waals surface area contributed by atoms with E-state index >= 15 is 0 Å². The van der Waals surface area contributed by atoms with E-state index in [0.29, 0.717) is 10.6 Å². The van der Waals surface area contributed by atoms with Gasteiger partial charge in [-0.3, -0.25) is 4.79 Å². The summed E-state index contributed by atoms with van der Waals surface area (Å²) in [5.41, 5.74) is 1.42. The zero-order valence-electron chi connectivity index (χ0n) is 12.3. The van der Waals surface area contributed by atoms with Crippen molar-refractivity contribution in [3.05, 3.63) is 51.5 Å². The van der Waals surface area contributed by atoms with Gasteiger partial charge in [0.25, 0.3) is 5.91 Å². The van der Waals surface area contributed by atoms with Gasteiger partial charge in [0.15, 0.2) is 6.61 Å². The van der Waals surface area contributed by atoms with Gasteiger partial charge in [0.2, 0.25) is 0 Å². The molecule has 2 rings (SSSR count). The van der Waals surface area contributed by atoms with Crippen LogP contribution in [0.2, 0.25) is 0 Å². The van der Waals surface area contributed by atoms with Gasteiger partial charge in [-0.1, -0.05) is 13.0 Å². The van der Waals surface area contributed by atoms with Crippen LogP contribution in [0, 0.1) is 12.7 Å². The molecule has 0 saturated carbocycles. The van der Waals surface area contributed by atoms with E-state index in [4.69, 9.17) is 4.74 Å². The van der Waals surface area contributed by atoms with Crippen molar-refractivity contribution < 1.29 is 18.7 Å². The van der Waals surface area contributed by atoms with E-state index < -0.39 is 24.3 Å². The minimum absolute atomic E-state index is 0.321. The lowest BCUT2D eigenvalue weighted by atomic mass is 10.2. The normalized spacial score (nSPS) is 10.3. The molecule has 116 valence electrons. The zero-order chi connectivity index (χ0) is 16.1. The van der Waals surface area contributed by atoms with Crippen LogP contribution >= 0.6 is 11.3 Å². The highest BCUT2D eigenvalue weighted by atomic mass is 32.1. The largest absolute Gasteiger partial charge is 0.451 e. The number of hydrogen-bond acceptors (Lipinski definition) is 4. The smallest absolute Gasteiger partial charge is 0.348 e. The Morgan fingerprint density at radius 2 is 2.09 bits per heavy atom. The molecular formula is C16H16FNO3S. The number of hydrogen-bond donors (Lipinski definition) is 1. The molecule has 1 amide bonds. The number of thiophene rings is 1. The fourth-order valence-electron chi connectivity index (χ4n) is 1.94. The highest BCUT2D eigenvalue weighted by molar-refractivity contribution is 7.14. The summed E-state index contributed by atoms with van der Waals surface area (Å²) in [5, 5.41) is 2.46. The van der Waals surface area contributed by atoms with E-state index in [1.54, 1.807) is 12.1 Å². The van der Waals surface area contributed by atoms with Crippen LogP contribution in [0.3, 0.4) is 0 Å². The van der Waals surface area contributed by atoms with Crippen LogP contribution in [0.1, 0.15) is 27.0 Å². The first-order chi connectivity index (χ1) is 10.5. The molecule has 4 nitrogen and oxygen atoms in total. The van der Waals surface area contributed by atoms with E-state index in [0.717, 1.165) is 16.9 Å². The Bertz CT molecular complexity index is 696. The van der Waals surface area contributed by atoms with Crippen LogP contribution < -0.4 is 5.32 Å². The summed E-state index contributed by atoms with van der Waals surface area (Å²) in [6, 6.07) is 7.29. The Labute approximate surface area is 131 Å². The molecule has 0 aliphatic heterocycles. The topological polar surface area (TPSA) is 55.4 Å². The van der Waals surface area contributed by atoms with Crippen molar-refractivity contribution in [1.82, 2.24) is 0 Å². The SMILES string of the molecule is CCc1cc(C(=O)OCC(=O)Nc2cccc(F)c2)sc1C. The van der Waals surface area contributed by atoms with Crippen molar-refractivity contribution >= 4 is 28.9 Å². The molecule has 0 unspecified atom stereocenters. The fraction of sp³-hybridized carbons (Fsp3) is 0.250. The fourth-order valence-corrected chi connectivity index (χ4v) is 2.94. The van der Waals surface area contributed by atoms with Gasteiger partial charge in [0, 0.05) is 10.6 Å². The summed E-state index contributed by atoms with van der Waals surface area (Å²) < 4.78 is 18.0. The highest BCUT2D eigenvalue weighted by Crippen LogP contribution is 2.22. The van der Waals surface area contributed by atoms with Crippen molar-refractivity contribution in [2.45, 2.75) is 20.3 Å². The molecule has 0 aliphatic rings. The molecule has 22 heavy (non-hydrogen) atoms. The Hall–Kier alpha value is -2.21. The molecular weight excluding hydrogens is 305 g/mol. The van der Waals surface area contributed by atoms with Crippen LogP contribution in [0.5, 0.6) is 0 Å². The standard InChI is InChI=1S/C16H16FNO3S/c1-3-11-7-14(22-10(11)2)16(20)21-9-15(19)18-13-6-4-5-12(17)8-13/h4-8H,3,9H2,1-2H3,(H,18,19). The second-order valence-corrected chi connectivity index (χ2v) is 5.94. The molecule has 1 aromatic carbocycles. The Morgan fingerprint density at radius 3 is 2.73 bits per heavy atom. The maximum Gasteiger partial charge on any atom is 0.348 e. The third-order valence-corrected chi connectivity index (χ3v) is 4.12. The summed E-state index contributed by atoms with van der Waals surface area (Å²) in [5.74, 6) is -1.49. The lowest BCUT2D eigenvalue weighted by Gasteiger charge is -2.05. The average Bonchev–Trinajstić information content (AvgIpc) is 2.86. The van der Waals surface area contributed by atoms with E-state index in [9.17, 15) is 14.0 Å². The van der Waals surface area contributed by atoms with Crippen molar-refractivity contribution in [3.8, 4) is 0 Å². The second-order valence-electron chi connectivity index (χ2n) is 4.68. The number of anilines is 1. The van der Waals surface area contributed by atoms with E-state index in [2.05, 4.69) is 5.32 Å². The van der Waals surface area contributed by atoms with Crippen LogP contribution in [0.4, 0.5) is 10.1 Å². The minimum atomic E-state index is -0.526. The van der Waals surface area contributed by atoms with Crippen LogP contribution in [0.15, 0.2) is 30.3 Å². The first kappa shape index (κ1) is 16.2. The van der Waals surface area contributed by atoms with Crippen LogP contribution in [0.25, 0.3) is 0 Å². The first-order valence-electron chi connectivity index (χ1n) is 6.81.